The largest absolute Gasteiger partial charge is 0.440 e. The fourth-order valence-corrected chi connectivity index (χ4v) is 1.69. The first-order valence-electron chi connectivity index (χ1n) is 5.49. The Morgan fingerprint density at radius 2 is 1.84 bits per heavy atom. The molecule has 2 N–H and O–H groups in total. The molecule has 0 radical (unpaired) electrons. The molecule has 0 fully saturated rings. The van der Waals surface area contributed by atoms with Gasteiger partial charge in [-0.1, -0.05) is 12.1 Å². The van der Waals surface area contributed by atoms with Gasteiger partial charge in [-0.15, -0.1) is 0 Å². The number of carbonyl (C=O) groups is 2. The van der Waals surface area contributed by atoms with Crippen molar-refractivity contribution in [3.05, 3.63) is 52.9 Å². The van der Waals surface area contributed by atoms with E-state index in [1.807, 2.05) is 0 Å². The molecule has 0 spiro atoms. The molecule has 6 heteroatoms. The van der Waals surface area contributed by atoms with E-state index in [9.17, 15) is 9.59 Å². The lowest BCUT2D eigenvalue weighted by Crippen LogP contribution is -2.21. The fraction of sp³-hybridized carbons (Fsp3) is 0.0769. The van der Waals surface area contributed by atoms with Crippen LogP contribution in [-0.2, 0) is 0 Å². The van der Waals surface area contributed by atoms with Crippen LogP contribution in [0.3, 0.4) is 0 Å². The average molecular weight is 279 g/mol. The number of rotatable bonds is 3. The maximum atomic E-state index is 11.9. The number of amides is 2. The minimum Gasteiger partial charge on any atom is -0.440 e. The molecular weight excluding hydrogens is 268 g/mol. The van der Waals surface area contributed by atoms with Crippen molar-refractivity contribution in [2.45, 2.75) is 0 Å². The van der Waals surface area contributed by atoms with E-state index in [-0.39, 0.29) is 16.9 Å². The second-order valence-electron chi connectivity index (χ2n) is 3.68. The molecule has 5 nitrogen and oxygen atoms in total. The Morgan fingerprint density at radius 3 is 2.47 bits per heavy atom. The Morgan fingerprint density at radius 1 is 1.11 bits per heavy atom. The summed E-state index contributed by atoms with van der Waals surface area (Å²) in [5.74, 6) is -0.673. The SMILES string of the molecule is CNC(=O)c1ccccc1NC(=O)c1ccc(Cl)o1. The molecule has 1 heterocycles. The van der Waals surface area contributed by atoms with E-state index in [2.05, 4.69) is 10.6 Å². The van der Waals surface area contributed by atoms with E-state index in [4.69, 9.17) is 16.0 Å². The molecule has 0 atom stereocenters. The summed E-state index contributed by atoms with van der Waals surface area (Å²) in [7, 11) is 1.52. The van der Waals surface area contributed by atoms with E-state index in [0.717, 1.165) is 0 Å². The number of carbonyl (C=O) groups excluding carboxylic acids is 2. The molecule has 0 aliphatic carbocycles. The van der Waals surface area contributed by atoms with Crippen LogP contribution >= 0.6 is 11.6 Å². The molecule has 2 aromatic rings. The first-order chi connectivity index (χ1) is 9.11. The quantitative estimate of drug-likeness (QED) is 0.906. The Labute approximate surface area is 114 Å². The van der Waals surface area contributed by atoms with Crippen LogP contribution in [0.4, 0.5) is 5.69 Å². The van der Waals surface area contributed by atoms with Gasteiger partial charge in [-0.3, -0.25) is 9.59 Å². The van der Waals surface area contributed by atoms with Crippen LogP contribution in [0.2, 0.25) is 5.22 Å². The number of halogens is 1. The van der Waals surface area contributed by atoms with E-state index in [1.54, 1.807) is 24.3 Å². The topological polar surface area (TPSA) is 71.3 Å². The third kappa shape index (κ3) is 2.95. The first-order valence-corrected chi connectivity index (χ1v) is 5.87. The fourth-order valence-electron chi connectivity index (χ4n) is 1.55. The molecule has 98 valence electrons. The van der Waals surface area contributed by atoms with Crippen LogP contribution < -0.4 is 10.6 Å². The predicted molar refractivity (Wildman–Crippen MR) is 71.5 cm³/mol. The van der Waals surface area contributed by atoms with E-state index < -0.39 is 5.91 Å². The number of para-hydroxylation sites is 1. The van der Waals surface area contributed by atoms with Crippen LogP contribution in [0.25, 0.3) is 0 Å². The first kappa shape index (κ1) is 13.2. The smallest absolute Gasteiger partial charge is 0.291 e. The molecule has 2 amide bonds. The third-order valence-corrected chi connectivity index (χ3v) is 2.65. The molecule has 0 saturated carbocycles. The van der Waals surface area contributed by atoms with Gasteiger partial charge in [0.15, 0.2) is 11.0 Å². The van der Waals surface area contributed by atoms with Crippen LogP contribution in [-0.4, -0.2) is 18.9 Å². The van der Waals surface area contributed by atoms with Gasteiger partial charge in [-0.05, 0) is 35.9 Å². The highest BCUT2D eigenvalue weighted by Crippen LogP contribution is 2.18. The molecule has 0 unspecified atom stereocenters. The van der Waals surface area contributed by atoms with Crippen molar-refractivity contribution in [2.75, 3.05) is 12.4 Å². The second kappa shape index (κ2) is 5.58. The van der Waals surface area contributed by atoms with Gasteiger partial charge in [0, 0.05) is 7.05 Å². The summed E-state index contributed by atoms with van der Waals surface area (Å²) in [6.45, 7) is 0. The number of nitrogens with one attached hydrogen (secondary N) is 2. The Bertz CT molecular complexity index is 622. The van der Waals surface area contributed by atoms with Gasteiger partial charge in [0.2, 0.25) is 0 Å². The van der Waals surface area contributed by atoms with Gasteiger partial charge < -0.3 is 15.1 Å². The molecule has 0 aliphatic heterocycles. The lowest BCUT2D eigenvalue weighted by atomic mass is 10.1. The lowest BCUT2D eigenvalue weighted by Gasteiger charge is -2.08. The molecule has 0 bridgehead atoms. The Balaban J connectivity index is 2.24. The average Bonchev–Trinajstić information content (AvgIpc) is 2.85. The minimum atomic E-state index is -0.469. The number of hydrogen-bond donors (Lipinski definition) is 2. The van der Waals surface area contributed by atoms with Crippen molar-refractivity contribution in [1.82, 2.24) is 5.32 Å². The predicted octanol–water partition coefficient (Wildman–Crippen LogP) is 2.54. The van der Waals surface area contributed by atoms with Crippen LogP contribution in [0, 0.1) is 0 Å². The summed E-state index contributed by atoms with van der Waals surface area (Å²) in [6, 6.07) is 9.61. The monoisotopic (exact) mass is 278 g/mol. The zero-order chi connectivity index (χ0) is 13.8. The highest BCUT2D eigenvalue weighted by molar-refractivity contribution is 6.29. The number of furan rings is 1. The summed E-state index contributed by atoms with van der Waals surface area (Å²) >= 11 is 5.60. The van der Waals surface area contributed by atoms with Crippen molar-refractivity contribution in [3.63, 3.8) is 0 Å². The van der Waals surface area contributed by atoms with E-state index in [1.165, 1.54) is 19.2 Å². The number of hydrogen-bond acceptors (Lipinski definition) is 3. The van der Waals surface area contributed by atoms with Gasteiger partial charge in [-0.25, -0.2) is 0 Å². The lowest BCUT2D eigenvalue weighted by molar-refractivity contribution is 0.0964. The summed E-state index contributed by atoms with van der Waals surface area (Å²) in [4.78, 5) is 23.5. The molecule has 1 aromatic carbocycles. The third-order valence-electron chi connectivity index (χ3n) is 2.44. The number of anilines is 1. The highest BCUT2D eigenvalue weighted by Gasteiger charge is 2.15. The van der Waals surface area contributed by atoms with Gasteiger partial charge in [0.25, 0.3) is 11.8 Å². The summed E-state index contributed by atoms with van der Waals surface area (Å²) < 4.78 is 5.00. The van der Waals surface area contributed by atoms with Gasteiger partial charge in [0.05, 0.1) is 11.3 Å². The van der Waals surface area contributed by atoms with Crippen LogP contribution in [0.5, 0.6) is 0 Å². The normalized spacial score (nSPS) is 10.0. The minimum absolute atomic E-state index is 0.0803. The van der Waals surface area contributed by atoms with E-state index in [0.29, 0.717) is 11.3 Å². The molecular formula is C13H11ClN2O3. The summed E-state index contributed by atoms with van der Waals surface area (Å²) in [5.41, 5.74) is 0.773. The van der Waals surface area contributed by atoms with E-state index >= 15 is 0 Å². The maximum absolute atomic E-state index is 11.9. The zero-order valence-corrected chi connectivity index (χ0v) is 10.8. The molecule has 0 saturated heterocycles. The number of benzene rings is 1. The van der Waals surface area contributed by atoms with Gasteiger partial charge in [-0.2, -0.15) is 0 Å². The molecule has 19 heavy (non-hydrogen) atoms. The van der Waals surface area contributed by atoms with Crippen molar-refractivity contribution in [1.29, 1.82) is 0 Å². The van der Waals surface area contributed by atoms with Gasteiger partial charge >= 0.3 is 0 Å². The van der Waals surface area contributed by atoms with Crippen molar-refractivity contribution in [2.24, 2.45) is 0 Å². The Hall–Kier alpha value is -2.27. The van der Waals surface area contributed by atoms with Crippen LogP contribution in [0.1, 0.15) is 20.9 Å². The van der Waals surface area contributed by atoms with Crippen molar-refractivity contribution < 1.29 is 14.0 Å². The molecule has 1 aromatic heterocycles. The van der Waals surface area contributed by atoms with Crippen molar-refractivity contribution in [3.8, 4) is 0 Å². The zero-order valence-electron chi connectivity index (χ0n) is 10.1. The molecule has 2 rings (SSSR count). The van der Waals surface area contributed by atoms with Gasteiger partial charge in [0.1, 0.15) is 0 Å². The Kier molecular flexibility index (Phi) is 3.87. The van der Waals surface area contributed by atoms with Crippen molar-refractivity contribution >= 4 is 29.1 Å². The maximum Gasteiger partial charge on any atom is 0.291 e. The highest BCUT2D eigenvalue weighted by atomic mass is 35.5. The summed E-state index contributed by atoms with van der Waals surface area (Å²) in [5, 5.41) is 5.24. The summed E-state index contributed by atoms with van der Waals surface area (Å²) in [6.07, 6.45) is 0. The second-order valence-corrected chi connectivity index (χ2v) is 4.06. The molecule has 0 aliphatic rings. The standard InChI is InChI=1S/C13H11ClN2O3/c1-15-12(17)8-4-2-3-5-9(8)16-13(18)10-6-7-11(14)19-10/h2-7H,1H3,(H,15,17)(H,16,18). The van der Waals surface area contributed by atoms with Crippen LogP contribution in [0.15, 0.2) is 40.8 Å².